The first-order valence-electron chi connectivity index (χ1n) is 12.7. The predicted octanol–water partition coefficient (Wildman–Crippen LogP) is 4.56. The number of hydrogen-bond donors (Lipinski definition) is 1. The molecule has 34 heavy (non-hydrogen) atoms. The predicted molar refractivity (Wildman–Crippen MR) is 127 cm³/mol. The third-order valence-corrected chi connectivity index (χ3v) is 8.28. The zero-order valence-electron chi connectivity index (χ0n) is 20.5. The van der Waals surface area contributed by atoms with Crippen molar-refractivity contribution in [2.45, 2.75) is 64.7 Å². The van der Waals surface area contributed by atoms with Gasteiger partial charge in [0.05, 0.1) is 17.6 Å². The lowest BCUT2D eigenvalue weighted by molar-refractivity contribution is -0.145. The Morgan fingerprint density at radius 1 is 1.18 bits per heavy atom. The minimum atomic E-state index is -4.35. The van der Waals surface area contributed by atoms with Crippen LogP contribution < -0.4 is 10.2 Å². The summed E-state index contributed by atoms with van der Waals surface area (Å²) in [4.78, 5) is 17.7. The molecule has 190 valence electrons. The van der Waals surface area contributed by atoms with E-state index >= 15 is 0 Å². The molecular weight excluding hydrogens is 443 g/mol. The molecule has 1 aromatic carbocycles. The third kappa shape index (κ3) is 5.23. The lowest BCUT2D eigenvalue weighted by atomic mass is 9.74. The second kappa shape index (κ2) is 10.1. The maximum atomic E-state index is 13.8. The van der Waals surface area contributed by atoms with Crippen molar-refractivity contribution in [3.8, 4) is 0 Å². The molecule has 1 aromatic rings. The normalized spacial score (nSPS) is 30.7. The number of amides is 1. The summed E-state index contributed by atoms with van der Waals surface area (Å²) in [6, 6.07) is 6.25. The fraction of sp³-hybridized carbons (Fsp3) is 0.731. The van der Waals surface area contributed by atoms with Gasteiger partial charge in [-0.2, -0.15) is 13.2 Å². The van der Waals surface area contributed by atoms with E-state index < -0.39 is 11.7 Å². The number of nitrogens with zero attached hydrogens (tertiary/aromatic N) is 2. The zero-order chi connectivity index (χ0) is 24.5. The number of anilines is 1. The Kier molecular flexibility index (Phi) is 7.48. The minimum absolute atomic E-state index is 0.218. The summed E-state index contributed by atoms with van der Waals surface area (Å²) in [7, 11) is 0. The average molecular weight is 482 g/mol. The molecular formula is C26H38F3N3O2. The molecule has 4 atom stereocenters. The SMILES string of the molecule is CC1COCCC1NC1CC[C@@](C(=O)N2CCN(c3cccc(C(F)(F)F)c3)CC2)(C(C)C)C1. The summed E-state index contributed by atoms with van der Waals surface area (Å²) in [5.41, 5.74) is -0.438. The molecule has 8 heteroatoms. The molecule has 1 aliphatic carbocycles. The van der Waals surface area contributed by atoms with Crippen LogP contribution in [0.5, 0.6) is 0 Å². The second-order valence-electron chi connectivity index (χ2n) is 10.7. The summed E-state index contributed by atoms with van der Waals surface area (Å²) in [5, 5.41) is 3.83. The van der Waals surface area contributed by atoms with Gasteiger partial charge in [-0.25, -0.2) is 0 Å². The van der Waals surface area contributed by atoms with Crippen LogP contribution in [0.3, 0.4) is 0 Å². The molecule has 2 saturated heterocycles. The van der Waals surface area contributed by atoms with Crippen molar-refractivity contribution in [1.82, 2.24) is 10.2 Å². The molecule has 1 N–H and O–H groups in total. The third-order valence-electron chi connectivity index (χ3n) is 8.28. The van der Waals surface area contributed by atoms with Crippen molar-refractivity contribution < 1.29 is 22.7 Å². The molecule has 1 amide bonds. The number of carbonyl (C=O) groups excluding carboxylic acids is 1. The molecule has 3 aliphatic rings. The van der Waals surface area contributed by atoms with Gasteiger partial charge in [-0.05, 0) is 55.7 Å². The maximum Gasteiger partial charge on any atom is 0.416 e. The Hall–Kier alpha value is -1.80. The summed E-state index contributed by atoms with van der Waals surface area (Å²) in [6.45, 7) is 10.3. The number of alkyl halides is 3. The number of carbonyl (C=O) groups is 1. The van der Waals surface area contributed by atoms with Crippen molar-refractivity contribution in [2.24, 2.45) is 17.3 Å². The van der Waals surface area contributed by atoms with Gasteiger partial charge in [-0.15, -0.1) is 0 Å². The Bertz CT molecular complexity index is 854. The number of halogens is 3. The topological polar surface area (TPSA) is 44.8 Å². The van der Waals surface area contributed by atoms with Gasteiger partial charge in [0.15, 0.2) is 0 Å². The number of hydrogen-bond acceptors (Lipinski definition) is 4. The van der Waals surface area contributed by atoms with Gasteiger partial charge in [0.1, 0.15) is 0 Å². The highest BCUT2D eigenvalue weighted by molar-refractivity contribution is 5.84. The lowest BCUT2D eigenvalue weighted by Crippen LogP contribution is -2.54. The minimum Gasteiger partial charge on any atom is -0.381 e. The quantitative estimate of drug-likeness (QED) is 0.670. The summed E-state index contributed by atoms with van der Waals surface area (Å²) in [6.07, 6.45) is -0.614. The highest BCUT2D eigenvalue weighted by atomic mass is 19.4. The number of nitrogens with one attached hydrogen (secondary N) is 1. The van der Waals surface area contributed by atoms with Gasteiger partial charge in [0, 0.05) is 50.6 Å². The molecule has 5 nitrogen and oxygen atoms in total. The van der Waals surface area contributed by atoms with Crippen LogP contribution in [0.1, 0.15) is 52.0 Å². The van der Waals surface area contributed by atoms with Crippen LogP contribution in [0, 0.1) is 17.3 Å². The van der Waals surface area contributed by atoms with E-state index in [1.807, 2.05) is 9.80 Å². The fourth-order valence-electron chi connectivity index (χ4n) is 5.98. The van der Waals surface area contributed by atoms with Gasteiger partial charge >= 0.3 is 6.18 Å². The van der Waals surface area contributed by atoms with Crippen LogP contribution in [0.2, 0.25) is 0 Å². The van der Waals surface area contributed by atoms with E-state index in [9.17, 15) is 18.0 Å². The molecule has 0 spiro atoms. The molecule has 0 radical (unpaired) electrons. The van der Waals surface area contributed by atoms with Crippen molar-refractivity contribution in [1.29, 1.82) is 0 Å². The molecule has 3 fully saturated rings. The second-order valence-corrected chi connectivity index (χ2v) is 10.7. The molecule has 0 aromatic heterocycles. The molecule has 2 heterocycles. The number of rotatable bonds is 5. The van der Waals surface area contributed by atoms with E-state index in [1.54, 1.807) is 6.07 Å². The Morgan fingerprint density at radius 2 is 1.91 bits per heavy atom. The molecule has 1 saturated carbocycles. The molecule has 0 bridgehead atoms. The Labute approximate surface area is 201 Å². The van der Waals surface area contributed by atoms with E-state index in [-0.39, 0.29) is 17.2 Å². The van der Waals surface area contributed by atoms with Gasteiger partial charge < -0.3 is 19.9 Å². The van der Waals surface area contributed by atoms with Crippen LogP contribution in [0.4, 0.5) is 18.9 Å². The Balaban J connectivity index is 1.38. The maximum absolute atomic E-state index is 13.8. The van der Waals surface area contributed by atoms with Gasteiger partial charge in [0.2, 0.25) is 5.91 Å². The van der Waals surface area contributed by atoms with Gasteiger partial charge in [0.25, 0.3) is 0 Å². The monoisotopic (exact) mass is 481 g/mol. The first-order valence-corrected chi connectivity index (χ1v) is 12.7. The fourth-order valence-corrected chi connectivity index (χ4v) is 5.98. The highest BCUT2D eigenvalue weighted by Crippen LogP contribution is 2.46. The largest absolute Gasteiger partial charge is 0.416 e. The van der Waals surface area contributed by atoms with Crippen molar-refractivity contribution >= 4 is 11.6 Å². The average Bonchev–Trinajstić information content (AvgIpc) is 3.25. The standard InChI is InChI=1S/C26H38F3N3O2/c1-18(2)25(9-7-21(16-25)30-23-8-14-34-17-19(23)3)24(33)32-12-10-31(11-13-32)22-6-4-5-20(15-22)26(27,28)29/h4-6,15,18-19,21,23,30H,7-14,16-17H2,1-3H3/t19?,21?,23?,25-/m0/s1. The van der Waals surface area contributed by atoms with Crippen molar-refractivity contribution in [2.75, 3.05) is 44.3 Å². The summed E-state index contributed by atoms with van der Waals surface area (Å²) in [5.74, 6) is 0.929. The lowest BCUT2D eigenvalue weighted by Gasteiger charge is -2.42. The van der Waals surface area contributed by atoms with Crippen LogP contribution >= 0.6 is 0 Å². The van der Waals surface area contributed by atoms with Crippen molar-refractivity contribution in [3.05, 3.63) is 29.8 Å². The van der Waals surface area contributed by atoms with E-state index in [4.69, 9.17) is 4.74 Å². The first-order chi connectivity index (χ1) is 16.1. The van der Waals surface area contributed by atoms with E-state index in [0.717, 1.165) is 45.0 Å². The zero-order valence-corrected chi connectivity index (χ0v) is 20.5. The number of benzene rings is 1. The van der Waals surface area contributed by atoms with E-state index in [2.05, 4.69) is 26.1 Å². The van der Waals surface area contributed by atoms with Gasteiger partial charge in [-0.1, -0.05) is 26.8 Å². The smallest absolute Gasteiger partial charge is 0.381 e. The number of ether oxygens (including phenoxy) is 1. The molecule has 2 aliphatic heterocycles. The van der Waals surface area contributed by atoms with Gasteiger partial charge in [-0.3, -0.25) is 4.79 Å². The summed E-state index contributed by atoms with van der Waals surface area (Å²) < 4.78 is 44.9. The van der Waals surface area contributed by atoms with Crippen LogP contribution in [-0.4, -0.2) is 62.3 Å². The van der Waals surface area contributed by atoms with Crippen LogP contribution in [0.15, 0.2) is 24.3 Å². The van der Waals surface area contributed by atoms with E-state index in [1.165, 1.54) is 12.1 Å². The summed E-state index contributed by atoms with van der Waals surface area (Å²) >= 11 is 0. The first kappa shape index (κ1) is 25.3. The highest BCUT2D eigenvalue weighted by Gasteiger charge is 2.50. The van der Waals surface area contributed by atoms with Crippen LogP contribution in [0.25, 0.3) is 0 Å². The molecule has 4 rings (SSSR count). The molecule has 3 unspecified atom stereocenters. The van der Waals surface area contributed by atoms with E-state index in [0.29, 0.717) is 49.9 Å². The number of piperazine rings is 1. The van der Waals surface area contributed by atoms with Crippen molar-refractivity contribution in [3.63, 3.8) is 0 Å². The Morgan fingerprint density at radius 3 is 2.56 bits per heavy atom. The van der Waals surface area contributed by atoms with Crippen LogP contribution in [-0.2, 0) is 15.7 Å².